The molecule has 112 valence electrons. The average molecular weight is 299 g/mol. The second kappa shape index (κ2) is 5.81. The van der Waals surface area contributed by atoms with Gasteiger partial charge in [0.2, 0.25) is 5.69 Å². The minimum Gasteiger partial charge on any atom is -0.470 e. The van der Waals surface area contributed by atoms with Gasteiger partial charge in [-0.1, -0.05) is 5.16 Å². The Balaban J connectivity index is 1.65. The van der Waals surface area contributed by atoms with Gasteiger partial charge in [-0.3, -0.25) is 4.79 Å². The first kappa shape index (κ1) is 14.0. The van der Waals surface area contributed by atoms with E-state index in [1.54, 1.807) is 17.9 Å². The van der Waals surface area contributed by atoms with E-state index in [9.17, 15) is 4.79 Å². The Morgan fingerprint density at radius 3 is 3.05 bits per heavy atom. The van der Waals surface area contributed by atoms with Crippen LogP contribution >= 0.6 is 0 Å². The maximum atomic E-state index is 12.2. The molecule has 22 heavy (non-hydrogen) atoms. The lowest BCUT2D eigenvalue weighted by Gasteiger charge is -2.15. The van der Waals surface area contributed by atoms with Gasteiger partial charge in [0.15, 0.2) is 5.69 Å². The Morgan fingerprint density at radius 1 is 1.50 bits per heavy atom. The summed E-state index contributed by atoms with van der Waals surface area (Å²) in [5.41, 5.74) is 0.426. The Hall–Kier alpha value is -2.95. The van der Waals surface area contributed by atoms with Crippen molar-refractivity contribution in [2.75, 3.05) is 13.1 Å². The van der Waals surface area contributed by atoms with E-state index in [2.05, 4.69) is 15.1 Å². The quantitative estimate of drug-likeness (QED) is 0.830. The molecule has 3 heterocycles. The summed E-state index contributed by atoms with van der Waals surface area (Å²) in [7, 11) is 0. The first-order chi connectivity index (χ1) is 10.7. The van der Waals surface area contributed by atoms with Crippen molar-refractivity contribution in [2.45, 2.75) is 19.4 Å². The molecule has 0 aromatic carbocycles. The highest BCUT2D eigenvalue weighted by atomic mass is 16.5. The number of nitrogens with zero attached hydrogens (tertiary/aromatic N) is 5. The largest absolute Gasteiger partial charge is 0.470 e. The molecule has 0 radical (unpaired) electrons. The number of amides is 1. The summed E-state index contributed by atoms with van der Waals surface area (Å²) in [6, 6.07) is 3.53. The van der Waals surface area contributed by atoms with E-state index >= 15 is 0 Å². The number of rotatable bonds is 3. The normalized spacial score (nSPS) is 17.3. The van der Waals surface area contributed by atoms with Gasteiger partial charge in [0.05, 0.1) is 6.54 Å². The van der Waals surface area contributed by atoms with E-state index in [1.807, 2.05) is 6.07 Å². The van der Waals surface area contributed by atoms with Crippen LogP contribution in [0.4, 0.5) is 0 Å². The average Bonchev–Trinajstić information content (AvgIpc) is 3.16. The number of nitriles is 1. The summed E-state index contributed by atoms with van der Waals surface area (Å²) in [5.74, 6) is 0.595. The Labute approximate surface area is 126 Å². The third kappa shape index (κ3) is 2.74. The Morgan fingerprint density at radius 2 is 2.32 bits per heavy atom. The van der Waals surface area contributed by atoms with Gasteiger partial charge in [-0.25, -0.2) is 9.97 Å². The fourth-order valence-electron chi connectivity index (χ4n) is 2.28. The molecule has 0 saturated carbocycles. The van der Waals surface area contributed by atoms with Crippen molar-refractivity contribution in [3.05, 3.63) is 35.6 Å². The standard InChI is InChI=1S/C14H13N5O3/c1-9-6-11(18-22-9)14(20)19-5-2-10(8-19)21-13-12(7-15)16-3-4-17-13/h3-4,6,10H,2,5,8H2,1H3. The molecule has 1 aliphatic heterocycles. The maximum Gasteiger partial charge on any atom is 0.276 e. The van der Waals surface area contributed by atoms with Crippen molar-refractivity contribution in [1.82, 2.24) is 20.0 Å². The molecule has 8 heteroatoms. The molecule has 8 nitrogen and oxygen atoms in total. The molecular weight excluding hydrogens is 286 g/mol. The van der Waals surface area contributed by atoms with Gasteiger partial charge in [-0.05, 0) is 6.92 Å². The fourth-order valence-corrected chi connectivity index (χ4v) is 2.28. The van der Waals surface area contributed by atoms with Crippen LogP contribution in [0.25, 0.3) is 0 Å². The van der Waals surface area contributed by atoms with Crippen molar-refractivity contribution in [3.8, 4) is 11.9 Å². The number of aryl methyl sites for hydroxylation is 1. The number of aromatic nitrogens is 3. The molecule has 1 saturated heterocycles. The summed E-state index contributed by atoms with van der Waals surface area (Å²) in [6.45, 7) is 2.70. The van der Waals surface area contributed by atoms with Gasteiger partial charge in [0.1, 0.15) is 17.9 Å². The predicted octanol–water partition coefficient (Wildman–Crippen LogP) is 0.938. The van der Waals surface area contributed by atoms with Gasteiger partial charge in [0.25, 0.3) is 11.8 Å². The molecule has 0 spiro atoms. The SMILES string of the molecule is Cc1cc(C(=O)N2CCC(Oc3nccnc3C#N)C2)no1. The van der Waals surface area contributed by atoms with Crippen molar-refractivity contribution >= 4 is 5.91 Å². The number of likely N-dealkylation sites (tertiary alicyclic amines) is 1. The molecule has 0 aliphatic carbocycles. The highest BCUT2D eigenvalue weighted by Crippen LogP contribution is 2.20. The van der Waals surface area contributed by atoms with Crippen LogP contribution in [0.1, 0.15) is 28.4 Å². The molecule has 1 unspecified atom stereocenters. The fraction of sp³-hybridized carbons (Fsp3) is 0.357. The van der Waals surface area contributed by atoms with Crippen LogP contribution in [-0.4, -0.2) is 45.1 Å². The van der Waals surface area contributed by atoms with Gasteiger partial charge < -0.3 is 14.2 Å². The minimum absolute atomic E-state index is 0.138. The highest BCUT2D eigenvalue weighted by molar-refractivity contribution is 5.92. The van der Waals surface area contributed by atoms with Crippen molar-refractivity contribution in [3.63, 3.8) is 0 Å². The lowest BCUT2D eigenvalue weighted by Crippen LogP contribution is -2.31. The summed E-state index contributed by atoms with van der Waals surface area (Å²) >= 11 is 0. The molecule has 1 fully saturated rings. The van der Waals surface area contributed by atoms with Crippen molar-refractivity contribution < 1.29 is 14.1 Å². The molecule has 3 rings (SSSR count). The molecule has 1 atom stereocenters. The van der Waals surface area contributed by atoms with E-state index in [-0.39, 0.29) is 29.3 Å². The first-order valence-electron chi connectivity index (χ1n) is 6.77. The number of ether oxygens (including phenoxy) is 1. The smallest absolute Gasteiger partial charge is 0.276 e. The number of carbonyl (C=O) groups is 1. The zero-order chi connectivity index (χ0) is 15.5. The van der Waals surface area contributed by atoms with E-state index < -0.39 is 0 Å². The summed E-state index contributed by atoms with van der Waals surface area (Å²) in [4.78, 5) is 21.8. The van der Waals surface area contributed by atoms with Crippen LogP contribution in [0.3, 0.4) is 0 Å². The molecule has 0 bridgehead atoms. The maximum absolute atomic E-state index is 12.2. The molecule has 2 aromatic rings. The molecular formula is C14H13N5O3. The highest BCUT2D eigenvalue weighted by Gasteiger charge is 2.30. The van der Waals surface area contributed by atoms with Crippen molar-refractivity contribution in [1.29, 1.82) is 5.26 Å². The lowest BCUT2D eigenvalue weighted by molar-refractivity contribution is 0.0760. The van der Waals surface area contributed by atoms with Crippen molar-refractivity contribution in [2.24, 2.45) is 0 Å². The lowest BCUT2D eigenvalue weighted by atomic mass is 10.3. The van der Waals surface area contributed by atoms with Crippen LogP contribution in [0, 0.1) is 18.3 Å². The van der Waals surface area contributed by atoms with E-state index in [1.165, 1.54) is 12.4 Å². The zero-order valence-electron chi connectivity index (χ0n) is 11.9. The van der Waals surface area contributed by atoms with Gasteiger partial charge in [-0.15, -0.1) is 0 Å². The van der Waals surface area contributed by atoms with E-state index in [4.69, 9.17) is 14.5 Å². The number of hydrogen-bond donors (Lipinski definition) is 0. The van der Waals surface area contributed by atoms with Crippen LogP contribution in [-0.2, 0) is 0 Å². The first-order valence-corrected chi connectivity index (χ1v) is 6.77. The van der Waals surface area contributed by atoms with E-state index in [0.717, 1.165) is 0 Å². The van der Waals surface area contributed by atoms with Gasteiger partial charge in [0, 0.05) is 31.4 Å². The monoisotopic (exact) mass is 299 g/mol. The summed E-state index contributed by atoms with van der Waals surface area (Å²) < 4.78 is 10.6. The zero-order valence-corrected chi connectivity index (χ0v) is 11.9. The summed E-state index contributed by atoms with van der Waals surface area (Å²) in [5, 5.41) is 12.7. The minimum atomic E-state index is -0.222. The molecule has 1 amide bonds. The summed E-state index contributed by atoms with van der Waals surface area (Å²) in [6.07, 6.45) is 3.33. The van der Waals surface area contributed by atoms with Crippen LogP contribution in [0.15, 0.2) is 23.0 Å². The third-order valence-corrected chi connectivity index (χ3v) is 3.33. The van der Waals surface area contributed by atoms with Gasteiger partial charge in [-0.2, -0.15) is 5.26 Å². The second-order valence-corrected chi connectivity index (χ2v) is 4.92. The third-order valence-electron chi connectivity index (χ3n) is 3.33. The number of hydrogen-bond acceptors (Lipinski definition) is 7. The van der Waals surface area contributed by atoms with Crippen LogP contribution in [0.5, 0.6) is 5.88 Å². The van der Waals surface area contributed by atoms with Gasteiger partial charge >= 0.3 is 0 Å². The molecule has 2 aromatic heterocycles. The van der Waals surface area contributed by atoms with Crippen LogP contribution < -0.4 is 4.74 Å². The second-order valence-electron chi connectivity index (χ2n) is 4.92. The van der Waals surface area contributed by atoms with Crippen LogP contribution in [0.2, 0.25) is 0 Å². The van der Waals surface area contributed by atoms with E-state index in [0.29, 0.717) is 25.3 Å². The molecule has 1 aliphatic rings. The predicted molar refractivity (Wildman–Crippen MR) is 72.9 cm³/mol. The molecule has 0 N–H and O–H groups in total. The Kier molecular flexibility index (Phi) is 3.70. The Bertz CT molecular complexity index is 736. The topological polar surface area (TPSA) is 105 Å². The number of carbonyl (C=O) groups excluding carboxylic acids is 1.